The molecule has 78 valence electrons. The summed E-state index contributed by atoms with van der Waals surface area (Å²) in [6.07, 6.45) is 0. The van der Waals surface area contributed by atoms with Gasteiger partial charge in [0.1, 0.15) is 0 Å². The van der Waals surface area contributed by atoms with E-state index in [1.54, 1.807) is 12.1 Å². The molecule has 4 heteroatoms. The summed E-state index contributed by atoms with van der Waals surface area (Å²) in [5.74, 6) is 0.326. The van der Waals surface area contributed by atoms with Gasteiger partial charge < -0.3 is 9.47 Å². The van der Waals surface area contributed by atoms with Crippen LogP contribution in [0, 0.1) is 9.39 Å². The van der Waals surface area contributed by atoms with Gasteiger partial charge in [0.15, 0.2) is 17.3 Å². The summed E-state index contributed by atoms with van der Waals surface area (Å²) in [5.41, 5.74) is 0. The Bertz CT molecular complexity index is 315. The van der Waals surface area contributed by atoms with Crippen LogP contribution in [0.15, 0.2) is 12.1 Å². The van der Waals surface area contributed by atoms with Crippen molar-refractivity contribution in [1.29, 1.82) is 0 Å². The van der Waals surface area contributed by atoms with Gasteiger partial charge in [-0.05, 0) is 48.6 Å². The third-order valence-corrected chi connectivity index (χ3v) is 2.44. The minimum Gasteiger partial charge on any atom is -0.490 e. The van der Waals surface area contributed by atoms with Crippen LogP contribution in [-0.4, -0.2) is 13.2 Å². The molecule has 0 radical (unpaired) electrons. The van der Waals surface area contributed by atoms with Gasteiger partial charge in [-0.3, -0.25) is 0 Å². The molecule has 0 saturated heterocycles. The zero-order chi connectivity index (χ0) is 10.6. The molecular weight excluding hydrogens is 298 g/mol. The van der Waals surface area contributed by atoms with Gasteiger partial charge in [-0.25, -0.2) is 4.39 Å². The number of hydrogen-bond donors (Lipinski definition) is 0. The maximum absolute atomic E-state index is 13.6. The highest BCUT2D eigenvalue weighted by atomic mass is 127. The van der Waals surface area contributed by atoms with E-state index < -0.39 is 0 Å². The minimum absolute atomic E-state index is 0.209. The zero-order valence-electron chi connectivity index (χ0n) is 8.14. The van der Waals surface area contributed by atoms with Crippen LogP contribution < -0.4 is 9.47 Å². The molecular formula is C10H12FIO2. The molecule has 1 aromatic rings. The largest absolute Gasteiger partial charge is 0.490 e. The van der Waals surface area contributed by atoms with Crippen LogP contribution in [0.1, 0.15) is 13.8 Å². The first-order valence-electron chi connectivity index (χ1n) is 4.44. The number of halogens is 2. The molecule has 0 N–H and O–H groups in total. The number of ether oxygens (including phenoxy) is 2. The average Bonchev–Trinajstić information content (AvgIpc) is 2.18. The van der Waals surface area contributed by atoms with Crippen molar-refractivity contribution in [2.45, 2.75) is 13.8 Å². The molecule has 0 aromatic heterocycles. The Morgan fingerprint density at radius 3 is 2.43 bits per heavy atom. The SMILES string of the molecule is CCOc1ccc(I)c(F)c1OCC. The van der Waals surface area contributed by atoms with Crippen LogP contribution in [0.3, 0.4) is 0 Å². The Morgan fingerprint density at radius 2 is 1.86 bits per heavy atom. The predicted molar refractivity (Wildman–Crippen MR) is 61.5 cm³/mol. The lowest BCUT2D eigenvalue weighted by Crippen LogP contribution is -2.01. The van der Waals surface area contributed by atoms with Crippen molar-refractivity contribution >= 4 is 22.6 Å². The Balaban J connectivity index is 3.08. The first-order chi connectivity index (χ1) is 6.70. The number of hydrogen-bond acceptors (Lipinski definition) is 2. The van der Waals surface area contributed by atoms with E-state index in [-0.39, 0.29) is 11.6 Å². The molecule has 0 unspecified atom stereocenters. The predicted octanol–water partition coefficient (Wildman–Crippen LogP) is 3.23. The second-order valence-corrected chi connectivity index (χ2v) is 3.72. The topological polar surface area (TPSA) is 18.5 Å². The fourth-order valence-electron chi connectivity index (χ4n) is 1.06. The summed E-state index contributed by atoms with van der Waals surface area (Å²) >= 11 is 1.92. The van der Waals surface area contributed by atoms with Gasteiger partial charge in [0.2, 0.25) is 0 Å². The van der Waals surface area contributed by atoms with E-state index in [2.05, 4.69) is 0 Å². The summed E-state index contributed by atoms with van der Waals surface area (Å²) in [5, 5.41) is 0. The van der Waals surface area contributed by atoms with Crippen LogP contribution in [0.2, 0.25) is 0 Å². The summed E-state index contributed by atoms with van der Waals surface area (Å²) in [6, 6.07) is 3.39. The maximum atomic E-state index is 13.6. The lowest BCUT2D eigenvalue weighted by Gasteiger charge is -2.11. The number of benzene rings is 1. The highest BCUT2D eigenvalue weighted by molar-refractivity contribution is 14.1. The van der Waals surface area contributed by atoms with Crippen molar-refractivity contribution in [3.63, 3.8) is 0 Å². The van der Waals surface area contributed by atoms with Crippen molar-refractivity contribution in [3.8, 4) is 11.5 Å². The Labute approximate surface area is 96.5 Å². The molecule has 0 spiro atoms. The molecule has 0 amide bonds. The van der Waals surface area contributed by atoms with E-state index >= 15 is 0 Å². The summed E-state index contributed by atoms with van der Waals surface area (Å²) < 4.78 is 24.5. The second-order valence-electron chi connectivity index (χ2n) is 2.55. The summed E-state index contributed by atoms with van der Waals surface area (Å²) in [7, 11) is 0. The van der Waals surface area contributed by atoms with E-state index in [1.165, 1.54) is 0 Å². The lowest BCUT2D eigenvalue weighted by atomic mass is 10.3. The van der Waals surface area contributed by atoms with Gasteiger partial charge in [0.25, 0.3) is 0 Å². The van der Waals surface area contributed by atoms with Crippen molar-refractivity contribution in [1.82, 2.24) is 0 Å². The average molecular weight is 310 g/mol. The van der Waals surface area contributed by atoms with Gasteiger partial charge >= 0.3 is 0 Å². The van der Waals surface area contributed by atoms with Crippen LogP contribution in [-0.2, 0) is 0 Å². The van der Waals surface area contributed by atoms with E-state index in [0.29, 0.717) is 22.5 Å². The van der Waals surface area contributed by atoms with Gasteiger partial charge in [-0.15, -0.1) is 0 Å². The normalized spacial score (nSPS) is 10.0. The van der Waals surface area contributed by atoms with E-state index in [9.17, 15) is 4.39 Å². The molecule has 0 aliphatic heterocycles. The van der Waals surface area contributed by atoms with Gasteiger partial charge in [-0.2, -0.15) is 0 Å². The van der Waals surface area contributed by atoms with Crippen molar-refractivity contribution in [2.24, 2.45) is 0 Å². The van der Waals surface area contributed by atoms with Gasteiger partial charge in [0.05, 0.1) is 16.8 Å². The van der Waals surface area contributed by atoms with Gasteiger partial charge in [-0.1, -0.05) is 0 Å². The third kappa shape index (κ3) is 2.50. The van der Waals surface area contributed by atoms with Crippen LogP contribution in [0.25, 0.3) is 0 Å². The molecule has 0 fully saturated rings. The standard InChI is InChI=1S/C10H12FIO2/c1-3-13-8-6-5-7(12)9(11)10(8)14-4-2/h5-6H,3-4H2,1-2H3. The molecule has 0 saturated carbocycles. The molecule has 0 aliphatic rings. The molecule has 14 heavy (non-hydrogen) atoms. The Hall–Kier alpha value is -0.520. The van der Waals surface area contributed by atoms with Crippen LogP contribution >= 0.6 is 22.6 Å². The van der Waals surface area contributed by atoms with Gasteiger partial charge in [0, 0.05) is 0 Å². The summed E-state index contributed by atoms with van der Waals surface area (Å²) in [6.45, 7) is 4.60. The van der Waals surface area contributed by atoms with Crippen molar-refractivity contribution in [2.75, 3.05) is 13.2 Å². The minimum atomic E-state index is -0.349. The molecule has 1 rings (SSSR count). The molecule has 0 heterocycles. The first kappa shape index (κ1) is 11.6. The fraction of sp³-hybridized carbons (Fsp3) is 0.400. The molecule has 1 aromatic carbocycles. The summed E-state index contributed by atoms with van der Waals surface area (Å²) in [4.78, 5) is 0. The maximum Gasteiger partial charge on any atom is 0.198 e. The fourth-order valence-corrected chi connectivity index (χ4v) is 1.49. The van der Waals surface area contributed by atoms with E-state index in [4.69, 9.17) is 9.47 Å². The van der Waals surface area contributed by atoms with Crippen molar-refractivity contribution in [3.05, 3.63) is 21.5 Å². The monoisotopic (exact) mass is 310 g/mol. The van der Waals surface area contributed by atoms with E-state index in [1.807, 2.05) is 36.4 Å². The molecule has 0 bridgehead atoms. The second kappa shape index (κ2) is 5.38. The molecule has 0 atom stereocenters. The number of rotatable bonds is 4. The van der Waals surface area contributed by atoms with Crippen LogP contribution in [0.5, 0.6) is 11.5 Å². The highest BCUT2D eigenvalue weighted by Crippen LogP contribution is 2.33. The lowest BCUT2D eigenvalue weighted by molar-refractivity contribution is 0.275. The highest BCUT2D eigenvalue weighted by Gasteiger charge is 2.13. The van der Waals surface area contributed by atoms with Crippen LogP contribution in [0.4, 0.5) is 4.39 Å². The first-order valence-corrected chi connectivity index (χ1v) is 5.52. The third-order valence-electron chi connectivity index (χ3n) is 1.60. The quantitative estimate of drug-likeness (QED) is 0.795. The Morgan fingerprint density at radius 1 is 1.21 bits per heavy atom. The smallest absolute Gasteiger partial charge is 0.198 e. The van der Waals surface area contributed by atoms with E-state index in [0.717, 1.165) is 0 Å². The zero-order valence-corrected chi connectivity index (χ0v) is 10.3. The Kier molecular flexibility index (Phi) is 4.44. The molecule has 0 aliphatic carbocycles. The molecule has 2 nitrogen and oxygen atoms in total. The van der Waals surface area contributed by atoms with Crippen molar-refractivity contribution < 1.29 is 13.9 Å².